The lowest BCUT2D eigenvalue weighted by molar-refractivity contribution is 0.171. The smallest absolute Gasteiger partial charge is 0.438 e. The van der Waals surface area contributed by atoms with Crippen LogP contribution in [0.2, 0.25) is 0 Å². The number of anilines is 1. The molecule has 2 aliphatic rings. The van der Waals surface area contributed by atoms with E-state index in [2.05, 4.69) is 48.9 Å². The second-order valence-electron chi connectivity index (χ2n) is 9.47. The minimum absolute atomic E-state index is 0.327. The summed E-state index contributed by atoms with van der Waals surface area (Å²) in [6.45, 7) is 5.76. The highest BCUT2D eigenvalue weighted by Gasteiger charge is 2.35. The molecule has 0 saturated heterocycles. The van der Waals surface area contributed by atoms with E-state index in [1.165, 1.54) is 5.56 Å². The lowest BCUT2D eigenvalue weighted by Gasteiger charge is -2.32. The molecule has 1 aliphatic heterocycles. The summed E-state index contributed by atoms with van der Waals surface area (Å²) < 4.78 is 10.8. The number of fused-ring (bicyclic) bond motifs is 1. The Hall–Kier alpha value is -3.49. The maximum absolute atomic E-state index is 11.1. The van der Waals surface area contributed by atoms with Crippen molar-refractivity contribution in [3.05, 3.63) is 57.6 Å². The molecule has 1 fully saturated rings. The van der Waals surface area contributed by atoms with E-state index in [1.54, 1.807) is 6.92 Å². The summed E-state index contributed by atoms with van der Waals surface area (Å²) in [5, 5.41) is 3.80. The van der Waals surface area contributed by atoms with Gasteiger partial charge in [0.2, 0.25) is 5.88 Å². The molecule has 0 radical (unpaired) electrons. The third-order valence-electron chi connectivity index (χ3n) is 6.61. The van der Waals surface area contributed by atoms with Gasteiger partial charge in [-0.05, 0) is 63.9 Å². The first-order chi connectivity index (χ1) is 15.8. The van der Waals surface area contributed by atoms with Gasteiger partial charge in [0.15, 0.2) is 17.3 Å². The minimum atomic E-state index is -0.637. The molecule has 0 spiro atoms. The number of nitrogen functional groups attached to an aromatic ring is 1. The third kappa shape index (κ3) is 4.27. The van der Waals surface area contributed by atoms with Crippen LogP contribution in [-0.2, 0) is 6.42 Å². The highest BCUT2D eigenvalue weighted by Crippen LogP contribution is 2.40. The lowest BCUT2D eigenvalue weighted by Crippen LogP contribution is -2.41. The highest BCUT2D eigenvalue weighted by atomic mass is 16.5. The van der Waals surface area contributed by atoms with Gasteiger partial charge in [-0.1, -0.05) is 29.4 Å². The lowest BCUT2D eigenvalue weighted by atomic mass is 9.77. The number of aryl methyl sites for hydroxylation is 1. The number of ether oxygens (including phenoxy) is 1. The molecule has 0 bridgehead atoms. The summed E-state index contributed by atoms with van der Waals surface area (Å²) in [6.07, 6.45) is 5.19. The molecule has 172 valence electrons. The average Bonchev–Trinajstić information content (AvgIpc) is 3.18. The van der Waals surface area contributed by atoms with Crippen molar-refractivity contribution in [2.75, 3.05) is 5.73 Å². The molecular formula is C24H28N6O3. The maximum atomic E-state index is 11.1. The summed E-state index contributed by atoms with van der Waals surface area (Å²) in [5.74, 6) is 2.53. The van der Waals surface area contributed by atoms with Crippen LogP contribution in [0.5, 0.6) is 5.88 Å². The number of nitrogens with one attached hydrogen (secondary N) is 1. The van der Waals surface area contributed by atoms with Crippen molar-refractivity contribution in [1.29, 1.82) is 0 Å². The Labute approximate surface area is 191 Å². The van der Waals surface area contributed by atoms with Crippen molar-refractivity contribution >= 4 is 17.2 Å². The number of benzene rings is 1. The van der Waals surface area contributed by atoms with Crippen LogP contribution >= 0.6 is 0 Å². The highest BCUT2D eigenvalue weighted by molar-refractivity contribution is 6.09. The second-order valence-corrected chi connectivity index (χ2v) is 9.47. The van der Waals surface area contributed by atoms with E-state index in [1.807, 2.05) is 13.8 Å². The number of hydrogen-bond donors (Lipinski definition) is 2. The monoisotopic (exact) mass is 448 g/mol. The fraction of sp³-hybridized carbons (Fsp3) is 0.458. The molecular weight excluding hydrogens is 420 g/mol. The average molecular weight is 449 g/mol. The predicted octanol–water partition coefficient (Wildman–Crippen LogP) is 3.85. The molecule has 0 amide bonds. The van der Waals surface area contributed by atoms with Gasteiger partial charge in [-0.2, -0.15) is 4.98 Å². The number of rotatable bonds is 4. The Morgan fingerprint density at radius 2 is 1.85 bits per heavy atom. The largest absolute Gasteiger partial charge is 0.463 e. The maximum Gasteiger partial charge on any atom is 0.438 e. The van der Waals surface area contributed by atoms with Gasteiger partial charge in [0.1, 0.15) is 11.4 Å². The van der Waals surface area contributed by atoms with Crippen LogP contribution in [0.4, 0.5) is 11.5 Å². The van der Waals surface area contributed by atoms with E-state index in [-0.39, 0.29) is 0 Å². The zero-order valence-electron chi connectivity index (χ0n) is 19.1. The van der Waals surface area contributed by atoms with Crippen LogP contribution in [0.1, 0.15) is 68.2 Å². The van der Waals surface area contributed by atoms with E-state index in [9.17, 15) is 4.79 Å². The summed E-state index contributed by atoms with van der Waals surface area (Å²) in [5.41, 5.74) is 9.09. The number of nitrogens with two attached hydrogens (primary N) is 1. The molecule has 9 heteroatoms. The zero-order valence-corrected chi connectivity index (χ0v) is 19.1. The Bertz CT molecular complexity index is 1250. The molecule has 1 aromatic carbocycles. The van der Waals surface area contributed by atoms with Gasteiger partial charge in [0.25, 0.3) is 0 Å². The number of aromatic nitrogens is 4. The zero-order chi connectivity index (χ0) is 23.2. The standard InChI is InChI=1S/C24H28N6O3/c1-13-26-21(25)19-22(27-13)32-24(2,3)20(29-19)17-10-8-16(9-11-17)15-6-4-14(5-7-15)12-18-28-23(31)33-30-18/h8-11,14-15H,4-7,12H2,1-3H3,(H2,25,26,27)(H,28,30,31). The normalized spacial score (nSPS) is 21.7. The Morgan fingerprint density at radius 3 is 2.52 bits per heavy atom. The molecule has 0 atom stereocenters. The Morgan fingerprint density at radius 1 is 1.12 bits per heavy atom. The molecule has 3 N–H and O–H groups in total. The van der Waals surface area contributed by atoms with Crippen molar-refractivity contribution < 1.29 is 9.26 Å². The van der Waals surface area contributed by atoms with Crippen LogP contribution < -0.4 is 16.2 Å². The Balaban J connectivity index is 1.30. The molecule has 2 aromatic heterocycles. The van der Waals surface area contributed by atoms with Crippen molar-refractivity contribution in [1.82, 2.24) is 20.1 Å². The van der Waals surface area contributed by atoms with E-state index in [0.29, 0.717) is 40.9 Å². The summed E-state index contributed by atoms with van der Waals surface area (Å²) in [4.78, 5) is 27.2. The van der Waals surface area contributed by atoms with E-state index >= 15 is 0 Å². The summed E-state index contributed by atoms with van der Waals surface area (Å²) in [6, 6.07) is 8.61. The van der Waals surface area contributed by atoms with Crippen LogP contribution in [0.25, 0.3) is 0 Å². The molecule has 1 saturated carbocycles. The SMILES string of the molecule is Cc1nc(N)c2c(n1)OC(C)(C)C(c1ccc(C3CCC(Cc4noc(=O)[nH]4)CC3)cc1)=N2. The van der Waals surface area contributed by atoms with Crippen LogP contribution in [0, 0.1) is 12.8 Å². The fourth-order valence-electron chi connectivity index (χ4n) is 4.92. The predicted molar refractivity (Wildman–Crippen MR) is 124 cm³/mol. The number of nitrogens with zero attached hydrogens (tertiary/aromatic N) is 4. The summed E-state index contributed by atoms with van der Waals surface area (Å²) in [7, 11) is 0. The van der Waals surface area contributed by atoms with Crippen LogP contribution in [0.3, 0.4) is 0 Å². The van der Waals surface area contributed by atoms with Crippen molar-refractivity contribution in [3.8, 4) is 5.88 Å². The van der Waals surface area contributed by atoms with Gasteiger partial charge >= 0.3 is 5.76 Å². The second kappa shape index (κ2) is 8.13. The third-order valence-corrected chi connectivity index (χ3v) is 6.61. The first-order valence-corrected chi connectivity index (χ1v) is 11.4. The molecule has 33 heavy (non-hydrogen) atoms. The topological polar surface area (TPSA) is 132 Å². The van der Waals surface area contributed by atoms with Crippen LogP contribution in [0.15, 0.2) is 38.6 Å². The Kier molecular flexibility index (Phi) is 5.26. The van der Waals surface area contributed by atoms with Gasteiger partial charge in [-0.15, -0.1) is 0 Å². The van der Waals surface area contributed by atoms with E-state index in [0.717, 1.165) is 43.4 Å². The molecule has 1 aliphatic carbocycles. The molecule has 5 rings (SSSR count). The van der Waals surface area contributed by atoms with Crippen molar-refractivity contribution in [2.45, 2.75) is 64.4 Å². The van der Waals surface area contributed by atoms with Crippen molar-refractivity contribution in [2.24, 2.45) is 10.9 Å². The summed E-state index contributed by atoms with van der Waals surface area (Å²) >= 11 is 0. The van der Waals surface area contributed by atoms with Crippen LogP contribution in [-0.4, -0.2) is 31.4 Å². The van der Waals surface area contributed by atoms with Gasteiger partial charge in [0, 0.05) is 12.0 Å². The number of aromatic amines is 1. The number of aliphatic imine (C=N–C) groups is 1. The number of hydrogen-bond acceptors (Lipinski definition) is 8. The molecule has 0 unspecified atom stereocenters. The first-order valence-electron chi connectivity index (χ1n) is 11.4. The molecule has 3 heterocycles. The quantitative estimate of drug-likeness (QED) is 0.619. The van der Waals surface area contributed by atoms with E-state index < -0.39 is 11.4 Å². The number of H-pyrrole nitrogens is 1. The first kappa shape index (κ1) is 21.4. The van der Waals surface area contributed by atoms with Gasteiger partial charge in [-0.3, -0.25) is 9.51 Å². The molecule has 9 nitrogen and oxygen atoms in total. The van der Waals surface area contributed by atoms with Gasteiger partial charge in [0.05, 0.1) is 5.71 Å². The van der Waals surface area contributed by atoms with E-state index in [4.69, 9.17) is 15.5 Å². The molecule has 3 aromatic rings. The van der Waals surface area contributed by atoms with Gasteiger partial charge in [-0.25, -0.2) is 14.8 Å². The van der Waals surface area contributed by atoms with Crippen molar-refractivity contribution in [3.63, 3.8) is 0 Å². The van der Waals surface area contributed by atoms with Gasteiger partial charge < -0.3 is 10.5 Å². The minimum Gasteiger partial charge on any atom is -0.463 e. The fourth-order valence-corrected chi connectivity index (χ4v) is 4.92.